The molecule has 0 unspecified atom stereocenters. The van der Waals surface area contributed by atoms with Crippen LogP contribution in [0.1, 0.15) is 0 Å². The fraction of sp³-hybridized carbons (Fsp3) is 0.400. The molecule has 0 aliphatic heterocycles. The summed E-state index contributed by atoms with van der Waals surface area (Å²) in [6.07, 6.45) is 1.79. The summed E-state index contributed by atoms with van der Waals surface area (Å²) in [4.78, 5) is 0. The van der Waals surface area contributed by atoms with Crippen molar-refractivity contribution in [3.8, 4) is 6.07 Å². The van der Waals surface area contributed by atoms with Gasteiger partial charge in [-0.1, -0.05) is 18.0 Å². The Kier molecular flexibility index (Phi) is 6.16. The van der Waals surface area contributed by atoms with Gasteiger partial charge < -0.3 is 0 Å². The van der Waals surface area contributed by atoms with Crippen molar-refractivity contribution in [1.82, 2.24) is 4.72 Å². The van der Waals surface area contributed by atoms with Crippen LogP contribution in [0.2, 0.25) is 0 Å². The van der Waals surface area contributed by atoms with E-state index in [-0.39, 0.29) is 0 Å². The summed E-state index contributed by atoms with van der Waals surface area (Å²) in [5.41, 5.74) is 0. The van der Waals surface area contributed by atoms with E-state index >= 15 is 0 Å². The highest BCUT2D eigenvalue weighted by Gasteiger charge is 1.78. The summed E-state index contributed by atoms with van der Waals surface area (Å²) >= 11 is 1.49. The molecular formula is C5H8N2S. The molecule has 0 aromatic heterocycles. The first-order chi connectivity index (χ1) is 3.91. The van der Waals surface area contributed by atoms with E-state index in [1.165, 1.54) is 11.9 Å². The van der Waals surface area contributed by atoms with Gasteiger partial charge in [0.05, 0.1) is 12.6 Å². The van der Waals surface area contributed by atoms with E-state index in [4.69, 9.17) is 5.26 Å². The molecule has 0 atom stereocenters. The van der Waals surface area contributed by atoms with Crippen LogP contribution in [0, 0.1) is 11.3 Å². The van der Waals surface area contributed by atoms with Gasteiger partial charge in [-0.25, -0.2) is 4.72 Å². The zero-order valence-corrected chi connectivity index (χ0v) is 5.37. The summed E-state index contributed by atoms with van der Waals surface area (Å²) < 4.78 is 2.82. The van der Waals surface area contributed by atoms with Crippen LogP contribution in [0.4, 0.5) is 0 Å². The lowest BCUT2D eigenvalue weighted by Gasteiger charge is -1.90. The van der Waals surface area contributed by atoms with Crippen LogP contribution in [-0.4, -0.2) is 12.3 Å². The molecule has 3 heteroatoms. The van der Waals surface area contributed by atoms with Gasteiger partial charge in [0.2, 0.25) is 0 Å². The monoisotopic (exact) mass is 128 g/mol. The molecule has 0 rings (SSSR count). The first-order valence-electron chi connectivity index (χ1n) is 2.24. The van der Waals surface area contributed by atoms with Gasteiger partial charge in [0.15, 0.2) is 0 Å². The van der Waals surface area contributed by atoms with Crippen molar-refractivity contribution in [2.24, 2.45) is 0 Å². The Bertz CT molecular complexity index is 95.1. The molecule has 0 aliphatic rings. The Balaban J connectivity index is 2.74. The van der Waals surface area contributed by atoms with Gasteiger partial charge >= 0.3 is 0 Å². The zero-order valence-electron chi connectivity index (χ0n) is 4.55. The Labute approximate surface area is 53.7 Å². The summed E-state index contributed by atoms with van der Waals surface area (Å²) in [7, 11) is 0. The van der Waals surface area contributed by atoms with Gasteiger partial charge in [-0.15, -0.1) is 6.58 Å². The van der Waals surface area contributed by atoms with Crippen molar-refractivity contribution in [2.45, 2.75) is 0 Å². The quantitative estimate of drug-likeness (QED) is 0.265. The second-order valence-electron chi connectivity index (χ2n) is 1.08. The molecule has 0 aromatic carbocycles. The predicted octanol–water partition coefficient (Wildman–Crippen LogP) is 0.934. The highest BCUT2D eigenvalue weighted by Crippen LogP contribution is 1.89. The van der Waals surface area contributed by atoms with Crippen molar-refractivity contribution in [1.29, 1.82) is 5.26 Å². The Morgan fingerprint density at radius 3 is 3.12 bits per heavy atom. The summed E-state index contributed by atoms with van der Waals surface area (Å²) in [5, 5.41) is 8.01. The van der Waals surface area contributed by atoms with E-state index in [0.29, 0.717) is 6.54 Å². The molecule has 0 radical (unpaired) electrons. The number of rotatable bonds is 4. The molecule has 0 saturated heterocycles. The number of hydrogen-bond acceptors (Lipinski definition) is 3. The Morgan fingerprint density at radius 2 is 2.62 bits per heavy atom. The van der Waals surface area contributed by atoms with Gasteiger partial charge in [0, 0.05) is 5.75 Å². The molecule has 1 N–H and O–H groups in total. The molecule has 0 heterocycles. The molecule has 8 heavy (non-hydrogen) atoms. The van der Waals surface area contributed by atoms with E-state index in [2.05, 4.69) is 11.3 Å². The summed E-state index contributed by atoms with van der Waals surface area (Å²) in [6, 6.07) is 1.96. The fourth-order valence-corrected chi connectivity index (χ4v) is 0.603. The molecular weight excluding hydrogens is 120 g/mol. The maximum absolute atomic E-state index is 8.01. The van der Waals surface area contributed by atoms with E-state index in [1.807, 2.05) is 6.07 Å². The standard InChI is InChI=1S/C5H8N2S/c1-2-5-8-7-4-3-6/h2,7H,1,4-5H2. The zero-order chi connectivity index (χ0) is 6.24. The second-order valence-corrected chi connectivity index (χ2v) is 1.99. The van der Waals surface area contributed by atoms with Crippen LogP contribution >= 0.6 is 11.9 Å². The molecule has 2 nitrogen and oxygen atoms in total. The average molecular weight is 128 g/mol. The number of nitriles is 1. The predicted molar refractivity (Wildman–Crippen MR) is 36.3 cm³/mol. The van der Waals surface area contributed by atoms with Crippen LogP contribution < -0.4 is 4.72 Å². The molecule has 0 aliphatic carbocycles. The lowest BCUT2D eigenvalue weighted by atomic mass is 10.8. The van der Waals surface area contributed by atoms with Gasteiger partial charge in [-0.05, 0) is 0 Å². The number of nitrogens with zero attached hydrogens (tertiary/aromatic N) is 1. The van der Waals surface area contributed by atoms with Crippen LogP contribution in [0.25, 0.3) is 0 Å². The van der Waals surface area contributed by atoms with Crippen molar-refractivity contribution in [3.05, 3.63) is 12.7 Å². The topological polar surface area (TPSA) is 35.8 Å². The van der Waals surface area contributed by atoms with Gasteiger partial charge in [0.1, 0.15) is 0 Å². The maximum atomic E-state index is 8.01. The van der Waals surface area contributed by atoms with Gasteiger partial charge in [0.25, 0.3) is 0 Å². The molecule has 0 fully saturated rings. The minimum atomic E-state index is 0.401. The van der Waals surface area contributed by atoms with Gasteiger partial charge in [-0.3, -0.25) is 0 Å². The van der Waals surface area contributed by atoms with Crippen LogP contribution in [0.5, 0.6) is 0 Å². The fourth-order valence-electron chi connectivity index (χ4n) is 0.201. The van der Waals surface area contributed by atoms with Crippen molar-refractivity contribution in [3.63, 3.8) is 0 Å². The van der Waals surface area contributed by atoms with Crippen molar-refractivity contribution >= 4 is 11.9 Å². The third-order valence-electron chi connectivity index (χ3n) is 0.454. The minimum absolute atomic E-state index is 0.401. The maximum Gasteiger partial charge on any atom is 0.0931 e. The van der Waals surface area contributed by atoms with E-state index in [1.54, 1.807) is 6.08 Å². The van der Waals surface area contributed by atoms with E-state index < -0.39 is 0 Å². The van der Waals surface area contributed by atoms with Crippen LogP contribution in [0.15, 0.2) is 12.7 Å². The van der Waals surface area contributed by atoms with Gasteiger partial charge in [-0.2, -0.15) is 5.26 Å². The SMILES string of the molecule is C=CCSNCC#N. The van der Waals surface area contributed by atoms with E-state index in [0.717, 1.165) is 5.75 Å². The van der Waals surface area contributed by atoms with Crippen LogP contribution in [-0.2, 0) is 0 Å². The molecule has 0 spiro atoms. The smallest absolute Gasteiger partial charge is 0.0931 e. The average Bonchev–Trinajstić information content (AvgIpc) is 1.81. The number of nitrogens with one attached hydrogen (secondary N) is 1. The molecule has 0 aromatic rings. The first kappa shape index (κ1) is 7.54. The summed E-state index contributed by atoms with van der Waals surface area (Å²) in [6.45, 7) is 3.92. The lowest BCUT2D eigenvalue weighted by Crippen LogP contribution is -2.02. The minimum Gasteiger partial charge on any atom is -0.250 e. The highest BCUT2D eigenvalue weighted by molar-refractivity contribution is 7.97. The molecule has 0 saturated carbocycles. The Morgan fingerprint density at radius 1 is 1.88 bits per heavy atom. The second kappa shape index (κ2) is 6.54. The Hall–Kier alpha value is -0.460. The van der Waals surface area contributed by atoms with E-state index in [9.17, 15) is 0 Å². The lowest BCUT2D eigenvalue weighted by molar-refractivity contribution is 1.13. The largest absolute Gasteiger partial charge is 0.250 e. The third kappa shape index (κ3) is 5.54. The summed E-state index contributed by atoms with van der Waals surface area (Å²) in [5.74, 6) is 0.849. The van der Waals surface area contributed by atoms with Crippen LogP contribution in [0.3, 0.4) is 0 Å². The molecule has 0 bridgehead atoms. The third-order valence-corrected chi connectivity index (χ3v) is 1.21. The number of hydrogen-bond donors (Lipinski definition) is 1. The molecule has 0 amide bonds. The molecule has 44 valence electrons. The van der Waals surface area contributed by atoms with Crippen molar-refractivity contribution < 1.29 is 0 Å². The highest BCUT2D eigenvalue weighted by atomic mass is 32.2. The first-order valence-corrected chi connectivity index (χ1v) is 3.23. The van der Waals surface area contributed by atoms with Crippen molar-refractivity contribution in [2.75, 3.05) is 12.3 Å². The normalized spacial score (nSPS) is 7.88.